The number of rotatable bonds is 5. The van der Waals surface area contributed by atoms with Crippen LogP contribution in [0, 0.1) is 5.82 Å². The minimum absolute atomic E-state index is 0.238. The third-order valence-electron chi connectivity index (χ3n) is 3.02. The fourth-order valence-electron chi connectivity index (χ4n) is 1.87. The van der Waals surface area contributed by atoms with Crippen LogP contribution in [-0.2, 0) is 5.75 Å². The summed E-state index contributed by atoms with van der Waals surface area (Å²) < 4.78 is 15.2. The van der Waals surface area contributed by atoms with Crippen LogP contribution >= 0.6 is 23.4 Å². The van der Waals surface area contributed by atoms with Crippen LogP contribution in [0.3, 0.4) is 0 Å². The average Bonchev–Trinajstić information content (AvgIpc) is 3.01. The van der Waals surface area contributed by atoms with Crippen molar-refractivity contribution < 1.29 is 4.39 Å². The first-order chi connectivity index (χ1) is 11.2. The molecule has 0 saturated heterocycles. The van der Waals surface area contributed by atoms with Gasteiger partial charge in [-0.1, -0.05) is 59.8 Å². The van der Waals surface area contributed by atoms with Crippen molar-refractivity contribution in [2.45, 2.75) is 10.9 Å². The SMILES string of the molecule is Fc1cccc(Cl)c1C=Nn1cnnc1SCc1ccccc1. The molecule has 3 rings (SSSR count). The molecule has 3 aromatic rings. The van der Waals surface area contributed by atoms with Crippen molar-refractivity contribution in [3.63, 3.8) is 0 Å². The quantitative estimate of drug-likeness (QED) is 0.512. The molecule has 116 valence electrons. The molecule has 0 aliphatic rings. The van der Waals surface area contributed by atoms with Crippen LogP contribution in [0.1, 0.15) is 11.1 Å². The molecule has 7 heteroatoms. The zero-order chi connectivity index (χ0) is 16.1. The molecule has 0 unspecified atom stereocenters. The van der Waals surface area contributed by atoms with E-state index in [-0.39, 0.29) is 5.56 Å². The number of thioether (sulfide) groups is 1. The van der Waals surface area contributed by atoms with E-state index in [1.165, 1.54) is 40.6 Å². The fraction of sp³-hybridized carbons (Fsp3) is 0.0625. The maximum absolute atomic E-state index is 13.7. The first-order valence-corrected chi connectivity index (χ1v) is 8.15. The molecule has 0 spiro atoms. The van der Waals surface area contributed by atoms with Gasteiger partial charge in [-0.05, 0) is 17.7 Å². The summed E-state index contributed by atoms with van der Waals surface area (Å²) in [5.41, 5.74) is 1.41. The summed E-state index contributed by atoms with van der Waals surface area (Å²) in [4.78, 5) is 0. The van der Waals surface area contributed by atoms with Crippen LogP contribution in [0.4, 0.5) is 4.39 Å². The minimum Gasteiger partial charge on any atom is -0.206 e. The average molecular weight is 347 g/mol. The number of hydrogen-bond donors (Lipinski definition) is 0. The molecule has 1 heterocycles. The van der Waals surface area contributed by atoms with Crippen molar-refractivity contribution in [1.29, 1.82) is 0 Å². The summed E-state index contributed by atoms with van der Waals surface area (Å²) in [5.74, 6) is 0.322. The van der Waals surface area contributed by atoms with E-state index in [0.717, 1.165) is 5.75 Å². The molecule has 0 fully saturated rings. The van der Waals surface area contributed by atoms with Crippen LogP contribution in [0.2, 0.25) is 5.02 Å². The zero-order valence-corrected chi connectivity index (χ0v) is 13.5. The van der Waals surface area contributed by atoms with Crippen LogP contribution in [0.5, 0.6) is 0 Å². The molecule has 0 saturated carbocycles. The molecule has 0 aliphatic carbocycles. The number of halogens is 2. The Bertz CT molecular complexity index is 800. The summed E-state index contributed by atoms with van der Waals surface area (Å²) in [6, 6.07) is 14.5. The second-order valence-corrected chi connectivity index (χ2v) is 5.96. The number of nitrogens with zero attached hydrogens (tertiary/aromatic N) is 4. The molecule has 0 N–H and O–H groups in total. The molecule has 2 aromatic carbocycles. The predicted molar refractivity (Wildman–Crippen MR) is 90.4 cm³/mol. The third kappa shape index (κ3) is 3.97. The minimum atomic E-state index is -0.423. The van der Waals surface area contributed by atoms with Gasteiger partial charge in [0.25, 0.3) is 0 Å². The van der Waals surface area contributed by atoms with E-state index in [1.807, 2.05) is 30.3 Å². The second-order valence-electron chi connectivity index (χ2n) is 4.61. The van der Waals surface area contributed by atoms with Crippen LogP contribution in [0.25, 0.3) is 0 Å². The van der Waals surface area contributed by atoms with E-state index >= 15 is 0 Å². The predicted octanol–water partition coefficient (Wildman–Crippen LogP) is 4.25. The lowest BCUT2D eigenvalue weighted by Crippen LogP contribution is -1.95. The van der Waals surface area contributed by atoms with E-state index in [0.29, 0.717) is 10.2 Å². The third-order valence-corrected chi connectivity index (χ3v) is 4.36. The first-order valence-electron chi connectivity index (χ1n) is 6.79. The van der Waals surface area contributed by atoms with Crippen molar-refractivity contribution in [1.82, 2.24) is 14.9 Å². The Balaban J connectivity index is 1.75. The Morgan fingerprint density at radius 3 is 2.78 bits per heavy atom. The van der Waals surface area contributed by atoms with E-state index in [2.05, 4.69) is 15.3 Å². The lowest BCUT2D eigenvalue weighted by atomic mass is 10.2. The summed E-state index contributed by atoms with van der Waals surface area (Å²) >= 11 is 7.47. The van der Waals surface area contributed by atoms with Gasteiger partial charge in [-0.25, -0.2) is 4.39 Å². The molecule has 4 nitrogen and oxygen atoms in total. The summed E-state index contributed by atoms with van der Waals surface area (Å²) in [7, 11) is 0. The van der Waals surface area contributed by atoms with Crippen LogP contribution < -0.4 is 0 Å². The Morgan fingerprint density at radius 2 is 2.00 bits per heavy atom. The molecular formula is C16H12ClFN4S. The molecule has 0 radical (unpaired) electrons. The van der Waals surface area contributed by atoms with Crippen molar-refractivity contribution >= 4 is 29.6 Å². The number of benzene rings is 2. The summed E-state index contributed by atoms with van der Waals surface area (Å²) in [6.45, 7) is 0. The molecule has 0 aliphatic heterocycles. The van der Waals surface area contributed by atoms with Gasteiger partial charge in [-0.3, -0.25) is 0 Å². The Morgan fingerprint density at radius 1 is 1.17 bits per heavy atom. The Hall–Kier alpha value is -2.18. The van der Waals surface area contributed by atoms with Gasteiger partial charge in [0.2, 0.25) is 5.16 Å². The van der Waals surface area contributed by atoms with Gasteiger partial charge in [-0.15, -0.1) is 10.2 Å². The van der Waals surface area contributed by atoms with E-state index in [1.54, 1.807) is 12.1 Å². The topological polar surface area (TPSA) is 43.1 Å². The largest absolute Gasteiger partial charge is 0.212 e. The maximum atomic E-state index is 13.7. The smallest absolute Gasteiger partial charge is 0.206 e. The van der Waals surface area contributed by atoms with E-state index in [9.17, 15) is 4.39 Å². The van der Waals surface area contributed by atoms with Crippen molar-refractivity contribution in [3.05, 3.63) is 76.8 Å². The Labute approximate surface area is 142 Å². The van der Waals surface area contributed by atoms with Gasteiger partial charge in [-0.2, -0.15) is 9.78 Å². The highest BCUT2D eigenvalue weighted by Gasteiger charge is 2.07. The second kappa shape index (κ2) is 7.39. The zero-order valence-electron chi connectivity index (χ0n) is 11.9. The molecular weight excluding hydrogens is 335 g/mol. The summed E-state index contributed by atoms with van der Waals surface area (Å²) in [6.07, 6.45) is 2.84. The molecule has 0 atom stereocenters. The van der Waals surface area contributed by atoms with Crippen molar-refractivity contribution in [2.75, 3.05) is 0 Å². The highest BCUT2D eigenvalue weighted by Crippen LogP contribution is 2.21. The Kier molecular flexibility index (Phi) is 5.05. The van der Waals surface area contributed by atoms with Crippen LogP contribution in [0.15, 0.2) is 65.1 Å². The van der Waals surface area contributed by atoms with Gasteiger partial charge in [0.1, 0.15) is 12.1 Å². The number of hydrogen-bond acceptors (Lipinski definition) is 4. The maximum Gasteiger partial charge on any atom is 0.212 e. The monoisotopic (exact) mass is 346 g/mol. The molecule has 0 bridgehead atoms. The van der Waals surface area contributed by atoms with Gasteiger partial charge in [0, 0.05) is 11.3 Å². The lowest BCUT2D eigenvalue weighted by Gasteiger charge is -2.02. The van der Waals surface area contributed by atoms with Crippen molar-refractivity contribution in [2.24, 2.45) is 5.10 Å². The normalized spacial score (nSPS) is 11.2. The standard InChI is InChI=1S/C16H12ClFN4S/c17-14-7-4-8-15(18)13(14)9-20-22-11-19-21-16(22)23-10-12-5-2-1-3-6-12/h1-9,11H,10H2. The van der Waals surface area contributed by atoms with E-state index < -0.39 is 5.82 Å². The fourth-order valence-corrected chi connectivity index (χ4v) is 2.90. The lowest BCUT2D eigenvalue weighted by molar-refractivity contribution is 0.625. The van der Waals surface area contributed by atoms with Gasteiger partial charge >= 0.3 is 0 Å². The van der Waals surface area contributed by atoms with Gasteiger partial charge in [0.05, 0.1) is 11.2 Å². The van der Waals surface area contributed by atoms with Crippen LogP contribution in [-0.4, -0.2) is 21.1 Å². The van der Waals surface area contributed by atoms with Crippen molar-refractivity contribution in [3.8, 4) is 0 Å². The molecule has 0 amide bonds. The molecule has 23 heavy (non-hydrogen) atoms. The van der Waals surface area contributed by atoms with E-state index in [4.69, 9.17) is 11.6 Å². The highest BCUT2D eigenvalue weighted by atomic mass is 35.5. The highest BCUT2D eigenvalue weighted by molar-refractivity contribution is 7.98. The van der Waals surface area contributed by atoms with Gasteiger partial charge in [0.15, 0.2) is 0 Å². The number of aromatic nitrogens is 3. The first kappa shape index (κ1) is 15.7. The summed E-state index contributed by atoms with van der Waals surface area (Å²) in [5, 5.41) is 13.0. The molecule has 1 aromatic heterocycles. The van der Waals surface area contributed by atoms with Gasteiger partial charge < -0.3 is 0 Å².